The Morgan fingerprint density at radius 2 is 1.93 bits per heavy atom. The van der Waals surface area contributed by atoms with E-state index >= 15 is 0 Å². The Labute approximate surface area is 171 Å². The summed E-state index contributed by atoms with van der Waals surface area (Å²) in [6, 6.07) is 7.87. The van der Waals surface area contributed by atoms with Crippen LogP contribution in [0.3, 0.4) is 0 Å². The fourth-order valence-corrected chi connectivity index (χ4v) is 3.43. The number of fused-ring (bicyclic) bond motifs is 1. The van der Waals surface area contributed by atoms with Gasteiger partial charge in [0.05, 0.1) is 22.3 Å². The molecule has 29 heavy (non-hydrogen) atoms. The van der Waals surface area contributed by atoms with Gasteiger partial charge in [0.1, 0.15) is 17.8 Å². The highest BCUT2D eigenvalue weighted by molar-refractivity contribution is 6.35. The lowest BCUT2D eigenvalue weighted by Gasteiger charge is -2.20. The van der Waals surface area contributed by atoms with E-state index in [1.165, 1.54) is 18.5 Å². The largest absolute Gasteiger partial charge is 0.393 e. The topological polar surface area (TPSA) is 116 Å². The van der Waals surface area contributed by atoms with E-state index in [0.717, 1.165) is 11.1 Å². The van der Waals surface area contributed by atoms with Crippen molar-refractivity contribution in [1.29, 1.82) is 0 Å². The van der Waals surface area contributed by atoms with Crippen LogP contribution in [0.5, 0.6) is 0 Å². The molecule has 0 unspecified atom stereocenters. The Kier molecular flexibility index (Phi) is 4.85. The van der Waals surface area contributed by atoms with Crippen LogP contribution < -0.4 is 16.8 Å². The highest BCUT2D eigenvalue weighted by atomic mass is 35.5. The monoisotopic (exact) mass is 409 g/mol. The Morgan fingerprint density at radius 1 is 1.10 bits per heavy atom. The molecule has 5 N–H and O–H groups in total. The van der Waals surface area contributed by atoms with Gasteiger partial charge < -0.3 is 16.8 Å². The number of pyridine rings is 2. The summed E-state index contributed by atoms with van der Waals surface area (Å²) < 4.78 is 14.2. The van der Waals surface area contributed by atoms with Gasteiger partial charge in [-0.05, 0) is 31.2 Å². The molecule has 0 amide bonds. The second-order valence-corrected chi connectivity index (χ2v) is 6.88. The summed E-state index contributed by atoms with van der Waals surface area (Å²) in [5.74, 6) is 0.131. The number of aromatic nitrogens is 4. The van der Waals surface area contributed by atoms with Crippen LogP contribution in [0.25, 0.3) is 22.2 Å². The summed E-state index contributed by atoms with van der Waals surface area (Å²) in [5, 5.41) is 4.02. The van der Waals surface area contributed by atoms with Crippen LogP contribution in [0.2, 0.25) is 5.02 Å². The van der Waals surface area contributed by atoms with E-state index < -0.39 is 5.82 Å². The summed E-state index contributed by atoms with van der Waals surface area (Å²) in [7, 11) is 0. The van der Waals surface area contributed by atoms with Gasteiger partial charge in [-0.3, -0.25) is 9.97 Å². The lowest BCUT2D eigenvalue weighted by Crippen LogP contribution is -2.13. The summed E-state index contributed by atoms with van der Waals surface area (Å²) >= 11 is 6.24. The number of nitrogen functional groups attached to an aromatic ring is 2. The van der Waals surface area contributed by atoms with Crippen LogP contribution in [-0.4, -0.2) is 19.9 Å². The molecule has 4 rings (SSSR count). The van der Waals surface area contributed by atoms with Crippen molar-refractivity contribution >= 4 is 39.8 Å². The van der Waals surface area contributed by atoms with Crippen molar-refractivity contribution in [3.8, 4) is 11.3 Å². The number of hydrogen-bond acceptors (Lipinski definition) is 7. The van der Waals surface area contributed by atoms with E-state index in [9.17, 15) is 4.39 Å². The molecule has 9 heteroatoms. The molecule has 3 heterocycles. The Balaban J connectivity index is 1.91. The molecule has 0 bridgehead atoms. The lowest BCUT2D eigenvalue weighted by atomic mass is 9.96. The molecule has 0 aliphatic heterocycles. The average Bonchev–Trinajstić information content (AvgIpc) is 2.71. The first-order chi connectivity index (χ1) is 14.0. The SMILES string of the molecule is C[C@H](Nc1ncnc(N)c1N)c1cnc2c(Cl)cc(F)cc2c1-c1ccccn1. The van der Waals surface area contributed by atoms with Gasteiger partial charge in [0.15, 0.2) is 11.6 Å². The maximum Gasteiger partial charge on any atom is 0.155 e. The van der Waals surface area contributed by atoms with Crippen LogP contribution in [0, 0.1) is 5.82 Å². The number of rotatable bonds is 4. The molecule has 0 aliphatic carbocycles. The third kappa shape index (κ3) is 3.50. The minimum atomic E-state index is -0.452. The smallest absolute Gasteiger partial charge is 0.155 e. The predicted octanol–water partition coefficient (Wildman–Crippen LogP) is 4.22. The number of halogens is 2. The molecule has 0 saturated carbocycles. The summed E-state index contributed by atoms with van der Waals surface area (Å²) in [6.07, 6.45) is 4.69. The van der Waals surface area contributed by atoms with Crippen molar-refractivity contribution < 1.29 is 4.39 Å². The summed E-state index contributed by atoms with van der Waals surface area (Å²) in [5.41, 5.74) is 14.7. The second-order valence-electron chi connectivity index (χ2n) is 6.47. The zero-order chi connectivity index (χ0) is 20.5. The van der Waals surface area contributed by atoms with Crippen LogP contribution in [0.1, 0.15) is 18.5 Å². The maximum absolute atomic E-state index is 14.2. The normalized spacial score (nSPS) is 12.1. The van der Waals surface area contributed by atoms with Crippen LogP contribution in [-0.2, 0) is 0 Å². The highest BCUT2D eigenvalue weighted by Gasteiger charge is 2.20. The van der Waals surface area contributed by atoms with E-state index in [1.807, 2.05) is 25.1 Å². The van der Waals surface area contributed by atoms with Gasteiger partial charge in [0.2, 0.25) is 0 Å². The second kappa shape index (κ2) is 7.48. The van der Waals surface area contributed by atoms with Crippen molar-refractivity contribution in [2.45, 2.75) is 13.0 Å². The summed E-state index contributed by atoms with van der Waals surface area (Å²) in [4.78, 5) is 16.9. The van der Waals surface area contributed by atoms with Crippen molar-refractivity contribution in [1.82, 2.24) is 19.9 Å². The van der Waals surface area contributed by atoms with Gasteiger partial charge in [0.25, 0.3) is 0 Å². The molecule has 0 spiro atoms. The molecule has 1 atom stereocenters. The molecule has 0 aliphatic rings. The number of anilines is 3. The van der Waals surface area contributed by atoms with Gasteiger partial charge in [-0.2, -0.15) is 0 Å². The quantitative estimate of drug-likeness (QED) is 0.462. The first kappa shape index (κ1) is 18.8. The average molecular weight is 410 g/mol. The Morgan fingerprint density at radius 3 is 2.69 bits per heavy atom. The Hall–Kier alpha value is -3.52. The molecular formula is C20H17ClFN7. The zero-order valence-electron chi connectivity index (χ0n) is 15.4. The van der Waals surface area contributed by atoms with Crippen molar-refractivity contribution in [2.75, 3.05) is 16.8 Å². The lowest BCUT2D eigenvalue weighted by molar-refractivity contribution is 0.629. The van der Waals surface area contributed by atoms with E-state index in [0.29, 0.717) is 22.4 Å². The van der Waals surface area contributed by atoms with Gasteiger partial charge in [-0.15, -0.1) is 0 Å². The first-order valence-electron chi connectivity index (χ1n) is 8.77. The standard InChI is InChI=1S/C20H17ClFN7/c1-10(29-20-17(23)19(24)27-9-28-20)13-8-26-18-12(6-11(22)7-14(18)21)16(13)15-4-2-3-5-25-15/h2-10H,23H2,1H3,(H3,24,27,28,29)/t10-/m0/s1. The molecule has 0 radical (unpaired) electrons. The predicted molar refractivity (Wildman–Crippen MR) is 113 cm³/mol. The highest BCUT2D eigenvalue weighted by Crippen LogP contribution is 2.37. The van der Waals surface area contributed by atoms with Gasteiger partial charge >= 0.3 is 0 Å². The Bertz CT molecular complexity index is 1200. The number of nitrogens with zero attached hydrogens (tertiary/aromatic N) is 4. The molecule has 146 valence electrons. The number of nitrogens with one attached hydrogen (secondary N) is 1. The third-order valence-electron chi connectivity index (χ3n) is 4.57. The molecule has 0 fully saturated rings. The molecule has 4 aromatic rings. The number of benzene rings is 1. The van der Waals surface area contributed by atoms with Crippen molar-refractivity contribution in [2.24, 2.45) is 0 Å². The minimum absolute atomic E-state index is 0.185. The maximum atomic E-state index is 14.2. The molecule has 7 nitrogen and oxygen atoms in total. The minimum Gasteiger partial charge on any atom is -0.393 e. The van der Waals surface area contributed by atoms with Crippen LogP contribution in [0.15, 0.2) is 49.1 Å². The summed E-state index contributed by atoms with van der Waals surface area (Å²) in [6.45, 7) is 1.91. The van der Waals surface area contributed by atoms with E-state index in [2.05, 4.69) is 25.3 Å². The van der Waals surface area contributed by atoms with Crippen LogP contribution >= 0.6 is 11.6 Å². The fourth-order valence-electron chi connectivity index (χ4n) is 3.17. The van der Waals surface area contributed by atoms with Crippen molar-refractivity contribution in [3.63, 3.8) is 0 Å². The van der Waals surface area contributed by atoms with Gasteiger partial charge in [-0.1, -0.05) is 17.7 Å². The number of nitrogens with two attached hydrogens (primary N) is 2. The fraction of sp³-hybridized carbons (Fsp3) is 0.100. The van der Waals surface area contributed by atoms with E-state index in [1.54, 1.807) is 12.4 Å². The molecule has 0 saturated heterocycles. The van der Waals surface area contributed by atoms with E-state index in [-0.39, 0.29) is 22.6 Å². The van der Waals surface area contributed by atoms with Gasteiger partial charge in [0, 0.05) is 28.9 Å². The van der Waals surface area contributed by atoms with E-state index in [4.69, 9.17) is 23.1 Å². The third-order valence-corrected chi connectivity index (χ3v) is 4.86. The molecule has 3 aromatic heterocycles. The zero-order valence-corrected chi connectivity index (χ0v) is 16.2. The molecular weight excluding hydrogens is 393 g/mol. The molecule has 1 aromatic carbocycles. The van der Waals surface area contributed by atoms with Crippen molar-refractivity contribution in [3.05, 3.63) is 65.5 Å². The first-order valence-corrected chi connectivity index (χ1v) is 9.15. The van der Waals surface area contributed by atoms with Crippen LogP contribution in [0.4, 0.5) is 21.7 Å². The number of hydrogen-bond donors (Lipinski definition) is 3. The van der Waals surface area contributed by atoms with Gasteiger partial charge in [-0.25, -0.2) is 14.4 Å².